The highest BCUT2D eigenvalue weighted by molar-refractivity contribution is 5.93. The van der Waals surface area contributed by atoms with Crippen molar-refractivity contribution in [1.29, 1.82) is 0 Å². The summed E-state index contributed by atoms with van der Waals surface area (Å²) >= 11 is 0. The zero-order chi connectivity index (χ0) is 22.3. The molecule has 32 heavy (non-hydrogen) atoms. The molecule has 7 heteroatoms. The molecule has 0 atom stereocenters. The Balaban J connectivity index is 1.28. The van der Waals surface area contributed by atoms with Crippen LogP contribution in [0.4, 0.5) is 0 Å². The van der Waals surface area contributed by atoms with E-state index in [1.807, 2.05) is 42.2 Å². The Morgan fingerprint density at radius 1 is 1.06 bits per heavy atom. The molecule has 0 aliphatic carbocycles. The van der Waals surface area contributed by atoms with E-state index < -0.39 is 0 Å². The minimum atomic E-state index is -0.146. The summed E-state index contributed by atoms with van der Waals surface area (Å²) in [6.07, 6.45) is 6.63. The maximum absolute atomic E-state index is 13.2. The van der Waals surface area contributed by atoms with E-state index in [2.05, 4.69) is 14.9 Å². The van der Waals surface area contributed by atoms with Crippen LogP contribution in [0.2, 0.25) is 0 Å². The monoisotopic (exact) mass is 438 g/mol. The molecule has 1 aromatic carbocycles. The summed E-state index contributed by atoms with van der Waals surface area (Å²) in [5, 5.41) is 9.74. The number of benzene rings is 1. The van der Waals surface area contributed by atoms with Crippen molar-refractivity contribution < 1.29 is 14.6 Å². The minimum Gasteiger partial charge on any atom is -0.494 e. The van der Waals surface area contributed by atoms with E-state index in [4.69, 9.17) is 4.74 Å². The van der Waals surface area contributed by atoms with Crippen molar-refractivity contribution in [3.05, 3.63) is 53.6 Å². The molecule has 2 aliphatic heterocycles. The van der Waals surface area contributed by atoms with E-state index >= 15 is 0 Å². The van der Waals surface area contributed by atoms with Crippen LogP contribution in [0, 0.1) is 6.92 Å². The van der Waals surface area contributed by atoms with E-state index in [1.165, 1.54) is 6.33 Å². The molecule has 0 spiro atoms. The molecule has 0 bridgehead atoms. The fraction of sp³-hybridized carbons (Fsp3) is 0.560. The van der Waals surface area contributed by atoms with Crippen molar-refractivity contribution >= 4 is 5.91 Å². The van der Waals surface area contributed by atoms with Crippen LogP contribution in [-0.2, 0) is 6.42 Å². The van der Waals surface area contributed by atoms with Crippen molar-refractivity contribution in [2.45, 2.75) is 57.6 Å². The summed E-state index contributed by atoms with van der Waals surface area (Å²) in [6, 6.07) is 10.3. The lowest BCUT2D eigenvalue weighted by Gasteiger charge is -2.41. The number of rotatable bonds is 7. The number of carbonyl (C=O) groups excluding carboxylic acids is 1. The van der Waals surface area contributed by atoms with Gasteiger partial charge in [-0.25, -0.2) is 9.97 Å². The second-order valence-corrected chi connectivity index (χ2v) is 8.85. The molecule has 0 saturated carbocycles. The Labute approximate surface area is 190 Å². The number of amides is 1. The fourth-order valence-electron chi connectivity index (χ4n) is 4.74. The Kier molecular flexibility index (Phi) is 7.71. The molecule has 2 saturated heterocycles. The SMILES string of the molecule is Cc1c(CCCOc2ccccc2)ncnc1C(=O)N1CCC(N2CCC(O)CC2)CC1. The first-order valence-corrected chi connectivity index (χ1v) is 11.8. The minimum absolute atomic E-state index is 0.0131. The summed E-state index contributed by atoms with van der Waals surface area (Å²) in [5.74, 6) is 0.881. The molecule has 7 nitrogen and oxygen atoms in total. The van der Waals surface area contributed by atoms with Gasteiger partial charge in [-0.05, 0) is 57.6 Å². The number of hydrogen-bond acceptors (Lipinski definition) is 6. The van der Waals surface area contributed by atoms with Gasteiger partial charge in [0.25, 0.3) is 5.91 Å². The Morgan fingerprint density at radius 2 is 1.78 bits per heavy atom. The number of piperidine rings is 2. The van der Waals surface area contributed by atoms with Gasteiger partial charge in [0.05, 0.1) is 12.7 Å². The number of nitrogens with zero attached hydrogens (tertiary/aromatic N) is 4. The van der Waals surface area contributed by atoms with Crippen LogP contribution < -0.4 is 4.74 Å². The Bertz CT molecular complexity index is 876. The number of aryl methyl sites for hydroxylation is 1. The van der Waals surface area contributed by atoms with Gasteiger partial charge in [-0.3, -0.25) is 4.79 Å². The standard InChI is InChI=1S/C25H34N4O3/c1-19-23(8-5-17-32-22-6-3-2-4-7-22)26-18-27-24(19)25(31)29-13-9-20(10-14-29)28-15-11-21(30)12-16-28/h2-4,6-7,18,20-21,30H,5,8-17H2,1H3. The van der Waals surface area contributed by atoms with E-state index in [0.29, 0.717) is 18.3 Å². The molecule has 1 amide bonds. The molecular weight excluding hydrogens is 404 g/mol. The number of ether oxygens (including phenoxy) is 1. The number of aliphatic hydroxyl groups excluding tert-OH is 1. The molecule has 1 aromatic heterocycles. The van der Waals surface area contributed by atoms with Crippen LogP contribution in [0.25, 0.3) is 0 Å². The zero-order valence-electron chi connectivity index (χ0n) is 18.9. The summed E-state index contributed by atoms with van der Waals surface area (Å²) in [6.45, 7) is 5.99. The van der Waals surface area contributed by atoms with Crippen LogP contribution >= 0.6 is 0 Å². The van der Waals surface area contributed by atoms with E-state index in [0.717, 1.165) is 81.7 Å². The van der Waals surface area contributed by atoms with Gasteiger partial charge in [-0.2, -0.15) is 0 Å². The average Bonchev–Trinajstić information content (AvgIpc) is 2.84. The molecular formula is C25H34N4O3. The molecule has 4 rings (SSSR count). The van der Waals surface area contributed by atoms with Crippen molar-refractivity contribution in [3.63, 3.8) is 0 Å². The second kappa shape index (κ2) is 10.9. The van der Waals surface area contributed by atoms with Crippen LogP contribution in [0.1, 0.15) is 53.8 Å². The van der Waals surface area contributed by atoms with E-state index in [1.54, 1.807) is 0 Å². The highest BCUT2D eigenvalue weighted by Gasteiger charge is 2.30. The quantitative estimate of drug-likeness (QED) is 0.670. The summed E-state index contributed by atoms with van der Waals surface area (Å²) in [4.78, 5) is 26.4. The summed E-state index contributed by atoms with van der Waals surface area (Å²) < 4.78 is 5.77. The first-order chi connectivity index (χ1) is 15.6. The van der Waals surface area contributed by atoms with E-state index in [-0.39, 0.29) is 12.0 Å². The van der Waals surface area contributed by atoms with Gasteiger partial charge in [0.15, 0.2) is 0 Å². The smallest absolute Gasteiger partial charge is 0.272 e. The lowest BCUT2D eigenvalue weighted by Crippen LogP contribution is -2.49. The Hall–Kier alpha value is -2.51. The average molecular weight is 439 g/mol. The van der Waals surface area contributed by atoms with Gasteiger partial charge < -0.3 is 19.6 Å². The number of hydrogen-bond donors (Lipinski definition) is 1. The predicted molar refractivity (Wildman–Crippen MR) is 123 cm³/mol. The van der Waals surface area contributed by atoms with Crippen molar-refractivity contribution in [3.8, 4) is 5.75 Å². The lowest BCUT2D eigenvalue weighted by molar-refractivity contribution is 0.0355. The number of aliphatic hydroxyl groups is 1. The zero-order valence-corrected chi connectivity index (χ0v) is 18.9. The third kappa shape index (κ3) is 5.64. The van der Waals surface area contributed by atoms with Gasteiger partial charge in [0.1, 0.15) is 17.8 Å². The maximum Gasteiger partial charge on any atom is 0.272 e. The number of para-hydroxylation sites is 1. The molecule has 0 radical (unpaired) electrons. The second-order valence-electron chi connectivity index (χ2n) is 8.85. The lowest BCUT2D eigenvalue weighted by atomic mass is 9.98. The number of likely N-dealkylation sites (tertiary alicyclic amines) is 2. The summed E-state index contributed by atoms with van der Waals surface area (Å²) in [7, 11) is 0. The molecule has 0 unspecified atom stereocenters. The molecule has 172 valence electrons. The van der Waals surface area contributed by atoms with Gasteiger partial charge >= 0.3 is 0 Å². The normalized spacial score (nSPS) is 18.6. The topological polar surface area (TPSA) is 78.8 Å². The fourth-order valence-corrected chi connectivity index (χ4v) is 4.74. The van der Waals surface area contributed by atoms with Crippen molar-refractivity contribution in [2.24, 2.45) is 0 Å². The number of aromatic nitrogens is 2. The van der Waals surface area contributed by atoms with Crippen molar-refractivity contribution in [2.75, 3.05) is 32.8 Å². The third-order valence-electron chi connectivity index (χ3n) is 6.73. The molecule has 3 heterocycles. The first-order valence-electron chi connectivity index (χ1n) is 11.8. The van der Waals surface area contributed by atoms with Crippen LogP contribution in [0.3, 0.4) is 0 Å². The van der Waals surface area contributed by atoms with Crippen LogP contribution in [0.15, 0.2) is 36.7 Å². The Morgan fingerprint density at radius 3 is 2.50 bits per heavy atom. The third-order valence-corrected chi connectivity index (χ3v) is 6.73. The number of carbonyl (C=O) groups is 1. The predicted octanol–water partition coefficient (Wildman–Crippen LogP) is 2.86. The summed E-state index contributed by atoms with van der Waals surface area (Å²) in [5.41, 5.74) is 2.32. The molecule has 2 fully saturated rings. The van der Waals surface area contributed by atoms with Gasteiger partial charge in [0, 0.05) is 43.5 Å². The van der Waals surface area contributed by atoms with Crippen molar-refractivity contribution in [1.82, 2.24) is 19.8 Å². The largest absolute Gasteiger partial charge is 0.494 e. The maximum atomic E-state index is 13.2. The highest BCUT2D eigenvalue weighted by Crippen LogP contribution is 2.23. The first kappa shape index (κ1) is 22.7. The van der Waals surface area contributed by atoms with E-state index in [9.17, 15) is 9.90 Å². The molecule has 1 N–H and O–H groups in total. The van der Waals surface area contributed by atoms with Gasteiger partial charge in [-0.1, -0.05) is 18.2 Å². The van der Waals surface area contributed by atoms with Gasteiger partial charge in [0.2, 0.25) is 0 Å². The highest BCUT2D eigenvalue weighted by atomic mass is 16.5. The van der Waals surface area contributed by atoms with Crippen LogP contribution in [0.5, 0.6) is 5.75 Å². The molecule has 2 aromatic rings. The van der Waals surface area contributed by atoms with Gasteiger partial charge in [-0.15, -0.1) is 0 Å². The van der Waals surface area contributed by atoms with Crippen LogP contribution in [-0.4, -0.2) is 75.7 Å². The molecule has 2 aliphatic rings.